The van der Waals surface area contributed by atoms with E-state index in [1.54, 1.807) is 24.3 Å². The van der Waals surface area contributed by atoms with Crippen LogP contribution in [0.2, 0.25) is 0 Å². The molecule has 0 spiro atoms. The summed E-state index contributed by atoms with van der Waals surface area (Å²) < 4.78 is 0. The SMILES string of the molecule is Cc1cccc(CC(=O)c2ccc(N)cc2)n1. The molecule has 3 heteroatoms. The number of pyridine rings is 1. The van der Waals surface area contributed by atoms with Crippen LogP contribution in [0.25, 0.3) is 0 Å². The maximum absolute atomic E-state index is 12.0. The number of aryl methyl sites for hydroxylation is 1. The van der Waals surface area contributed by atoms with Gasteiger partial charge in [-0.05, 0) is 43.3 Å². The van der Waals surface area contributed by atoms with Crippen LogP contribution in [0.1, 0.15) is 21.7 Å². The highest BCUT2D eigenvalue weighted by molar-refractivity contribution is 5.97. The Morgan fingerprint density at radius 3 is 2.53 bits per heavy atom. The van der Waals surface area contributed by atoms with Crippen molar-refractivity contribution in [3.63, 3.8) is 0 Å². The Bertz CT molecular complexity index is 532. The number of hydrogen-bond donors (Lipinski definition) is 1. The highest BCUT2D eigenvalue weighted by Crippen LogP contribution is 2.09. The van der Waals surface area contributed by atoms with Crippen molar-refractivity contribution in [3.05, 3.63) is 59.4 Å². The molecule has 86 valence electrons. The van der Waals surface area contributed by atoms with Crippen LogP contribution in [0.3, 0.4) is 0 Å². The first-order valence-electron chi connectivity index (χ1n) is 5.46. The van der Waals surface area contributed by atoms with Crippen LogP contribution in [0, 0.1) is 6.92 Å². The Balaban J connectivity index is 2.14. The van der Waals surface area contributed by atoms with E-state index in [2.05, 4.69) is 4.98 Å². The molecule has 0 saturated heterocycles. The lowest BCUT2D eigenvalue weighted by Gasteiger charge is -2.02. The molecule has 1 aromatic heterocycles. The van der Waals surface area contributed by atoms with Crippen LogP contribution in [-0.4, -0.2) is 10.8 Å². The van der Waals surface area contributed by atoms with Crippen molar-refractivity contribution in [3.8, 4) is 0 Å². The van der Waals surface area contributed by atoms with E-state index in [9.17, 15) is 4.79 Å². The molecule has 0 amide bonds. The molecule has 0 aliphatic heterocycles. The summed E-state index contributed by atoms with van der Waals surface area (Å²) >= 11 is 0. The van der Waals surface area contributed by atoms with Crippen LogP contribution in [-0.2, 0) is 6.42 Å². The third-order valence-electron chi connectivity index (χ3n) is 2.52. The highest BCUT2D eigenvalue weighted by atomic mass is 16.1. The van der Waals surface area contributed by atoms with Crippen molar-refractivity contribution >= 4 is 11.5 Å². The molecule has 0 bridgehead atoms. The summed E-state index contributed by atoms with van der Waals surface area (Å²) in [5.41, 5.74) is 8.63. The average molecular weight is 226 g/mol. The number of carbonyl (C=O) groups excluding carboxylic acids is 1. The average Bonchev–Trinajstić information content (AvgIpc) is 2.29. The third kappa shape index (κ3) is 2.91. The van der Waals surface area contributed by atoms with Gasteiger partial charge in [0.1, 0.15) is 0 Å². The zero-order valence-corrected chi connectivity index (χ0v) is 9.68. The molecule has 0 fully saturated rings. The van der Waals surface area contributed by atoms with Crippen molar-refractivity contribution < 1.29 is 4.79 Å². The zero-order valence-electron chi connectivity index (χ0n) is 9.68. The predicted octanol–water partition coefficient (Wildman–Crippen LogP) is 2.40. The van der Waals surface area contributed by atoms with E-state index in [4.69, 9.17) is 5.73 Å². The van der Waals surface area contributed by atoms with Gasteiger partial charge in [0.2, 0.25) is 0 Å². The van der Waals surface area contributed by atoms with Gasteiger partial charge in [0.05, 0.1) is 6.42 Å². The van der Waals surface area contributed by atoms with Gasteiger partial charge in [0, 0.05) is 22.6 Å². The molecule has 0 aliphatic carbocycles. The lowest BCUT2D eigenvalue weighted by molar-refractivity contribution is 0.0992. The van der Waals surface area contributed by atoms with Crippen LogP contribution < -0.4 is 5.73 Å². The Morgan fingerprint density at radius 2 is 1.88 bits per heavy atom. The second-order valence-electron chi connectivity index (χ2n) is 3.99. The largest absolute Gasteiger partial charge is 0.399 e. The number of nitrogen functional groups attached to an aromatic ring is 1. The molecule has 2 rings (SSSR count). The van der Waals surface area contributed by atoms with Crippen molar-refractivity contribution in [2.24, 2.45) is 0 Å². The molecular weight excluding hydrogens is 212 g/mol. The molecule has 0 unspecified atom stereocenters. The minimum absolute atomic E-state index is 0.0584. The summed E-state index contributed by atoms with van der Waals surface area (Å²) in [6, 6.07) is 12.6. The van der Waals surface area contributed by atoms with Gasteiger partial charge in [-0.1, -0.05) is 6.07 Å². The summed E-state index contributed by atoms with van der Waals surface area (Å²) in [7, 11) is 0. The fraction of sp³-hybridized carbons (Fsp3) is 0.143. The van der Waals surface area contributed by atoms with Gasteiger partial charge in [-0.3, -0.25) is 9.78 Å². The lowest BCUT2D eigenvalue weighted by Crippen LogP contribution is -2.05. The number of carbonyl (C=O) groups is 1. The lowest BCUT2D eigenvalue weighted by atomic mass is 10.1. The second-order valence-corrected chi connectivity index (χ2v) is 3.99. The maximum Gasteiger partial charge on any atom is 0.168 e. The number of aromatic nitrogens is 1. The van der Waals surface area contributed by atoms with E-state index < -0.39 is 0 Å². The van der Waals surface area contributed by atoms with Gasteiger partial charge >= 0.3 is 0 Å². The first kappa shape index (κ1) is 11.3. The van der Waals surface area contributed by atoms with Crippen LogP contribution in [0.15, 0.2) is 42.5 Å². The first-order chi connectivity index (χ1) is 8.15. The Hall–Kier alpha value is -2.16. The molecular formula is C14H14N2O. The van der Waals surface area contributed by atoms with Gasteiger partial charge in [-0.25, -0.2) is 0 Å². The Kier molecular flexibility index (Phi) is 3.19. The van der Waals surface area contributed by atoms with Crippen LogP contribution in [0.5, 0.6) is 0 Å². The normalized spacial score (nSPS) is 10.2. The van der Waals surface area contributed by atoms with Crippen molar-refractivity contribution in [2.45, 2.75) is 13.3 Å². The van der Waals surface area contributed by atoms with Crippen LogP contribution >= 0.6 is 0 Å². The standard InChI is InChI=1S/C14H14N2O/c1-10-3-2-4-13(16-10)9-14(17)11-5-7-12(15)8-6-11/h2-8H,9,15H2,1H3. The molecule has 0 saturated carbocycles. The van der Waals surface area contributed by atoms with Gasteiger partial charge in [0.25, 0.3) is 0 Å². The summed E-state index contributed by atoms with van der Waals surface area (Å²) in [6.45, 7) is 1.91. The molecule has 0 radical (unpaired) electrons. The first-order valence-corrected chi connectivity index (χ1v) is 5.46. The number of hydrogen-bond acceptors (Lipinski definition) is 3. The van der Waals surface area contributed by atoms with E-state index in [0.717, 1.165) is 11.4 Å². The van der Waals surface area contributed by atoms with E-state index in [-0.39, 0.29) is 5.78 Å². The van der Waals surface area contributed by atoms with Gasteiger partial charge in [-0.15, -0.1) is 0 Å². The van der Waals surface area contributed by atoms with E-state index >= 15 is 0 Å². The summed E-state index contributed by atoms with van der Waals surface area (Å²) in [5.74, 6) is 0.0584. The maximum atomic E-state index is 12.0. The minimum atomic E-state index is 0.0584. The predicted molar refractivity (Wildman–Crippen MR) is 67.9 cm³/mol. The van der Waals surface area contributed by atoms with E-state index in [1.165, 1.54) is 0 Å². The topological polar surface area (TPSA) is 56.0 Å². The van der Waals surface area contributed by atoms with Gasteiger partial charge in [-0.2, -0.15) is 0 Å². The second kappa shape index (κ2) is 4.78. The third-order valence-corrected chi connectivity index (χ3v) is 2.52. The number of anilines is 1. The number of nitrogens with zero attached hydrogens (tertiary/aromatic N) is 1. The monoisotopic (exact) mass is 226 g/mol. The van der Waals surface area contributed by atoms with E-state index in [1.807, 2.05) is 25.1 Å². The van der Waals surface area contributed by atoms with Gasteiger partial charge in [0.15, 0.2) is 5.78 Å². The molecule has 17 heavy (non-hydrogen) atoms. The molecule has 0 atom stereocenters. The highest BCUT2D eigenvalue weighted by Gasteiger charge is 2.07. The van der Waals surface area contributed by atoms with Gasteiger partial charge < -0.3 is 5.73 Å². The Morgan fingerprint density at radius 1 is 1.18 bits per heavy atom. The number of benzene rings is 1. The molecule has 2 aromatic rings. The molecule has 1 heterocycles. The van der Waals surface area contributed by atoms with E-state index in [0.29, 0.717) is 17.7 Å². The fourth-order valence-electron chi connectivity index (χ4n) is 1.63. The summed E-state index contributed by atoms with van der Waals surface area (Å²) in [5, 5.41) is 0. The minimum Gasteiger partial charge on any atom is -0.399 e. The van der Waals surface area contributed by atoms with Crippen molar-refractivity contribution in [1.82, 2.24) is 4.98 Å². The number of rotatable bonds is 3. The molecule has 3 nitrogen and oxygen atoms in total. The molecule has 1 aromatic carbocycles. The summed E-state index contributed by atoms with van der Waals surface area (Å²) in [4.78, 5) is 16.3. The van der Waals surface area contributed by atoms with Crippen molar-refractivity contribution in [1.29, 1.82) is 0 Å². The number of ketones is 1. The molecule has 0 aliphatic rings. The number of nitrogens with two attached hydrogens (primary N) is 1. The fourth-order valence-corrected chi connectivity index (χ4v) is 1.63. The Labute approximate surface area is 100 Å². The van der Waals surface area contributed by atoms with Crippen molar-refractivity contribution in [2.75, 3.05) is 5.73 Å². The zero-order chi connectivity index (χ0) is 12.3. The van der Waals surface area contributed by atoms with Crippen LogP contribution in [0.4, 0.5) is 5.69 Å². The molecule has 2 N–H and O–H groups in total. The summed E-state index contributed by atoms with van der Waals surface area (Å²) in [6.07, 6.45) is 0.325. The quantitative estimate of drug-likeness (QED) is 0.645. The smallest absolute Gasteiger partial charge is 0.168 e. The number of Topliss-reactive ketones (excluding diaryl/α,β-unsaturated/α-hetero) is 1.